The molecule has 2 fully saturated rings. The summed E-state index contributed by atoms with van der Waals surface area (Å²) in [7, 11) is 0. The molecular formula is C36H48N6O6. The molecule has 1 saturated heterocycles. The molecule has 5 rings (SSSR count). The van der Waals surface area contributed by atoms with E-state index in [9.17, 15) is 19.7 Å². The van der Waals surface area contributed by atoms with Crippen LogP contribution in [0.3, 0.4) is 0 Å². The third kappa shape index (κ3) is 6.91. The fourth-order valence-electron chi connectivity index (χ4n) is 7.62. The summed E-state index contributed by atoms with van der Waals surface area (Å²) in [6.07, 6.45) is 4.43. The van der Waals surface area contributed by atoms with Gasteiger partial charge in [-0.3, -0.25) is 24.5 Å². The van der Waals surface area contributed by atoms with Crippen molar-refractivity contribution < 1.29 is 24.0 Å². The van der Waals surface area contributed by atoms with Gasteiger partial charge < -0.3 is 14.4 Å². The quantitative estimate of drug-likeness (QED) is 0.117. The molecule has 3 atom stereocenters. The number of hydrogen-bond donors (Lipinski definition) is 1. The summed E-state index contributed by atoms with van der Waals surface area (Å²) in [5.41, 5.74) is 0.967. The summed E-state index contributed by atoms with van der Waals surface area (Å²) in [6.45, 7) is 26.1. The first-order valence-electron chi connectivity index (χ1n) is 16.9. The number of rotatable bonds is 7. The maximum absolute atomic E-state index is 14.1. The summed E-state index contributed by atoms with van der Waals surface area (Å²) in [5.74, 6) is -0.176. The fourth-order valence-corrected chi connectivity index (χ4v) is 7.62. The second kappa shape index (κ2) is 13.2. The highest BCUT2D eigenvalue weighted by Gasteiger charge is 2.48. The zero-order valence-corrected chi connectivity index (χ0v) is 29.3. The number of nitro groups is 1. The summed E-state index contributed by atoms with van der Waals surface area (Å²) in [4.78, 5) is 48.5. The Hall–Kier alpha value is -4.40. The van der Waals surface area contributed by atoms with Gasteiger partial charge in [-0.2, -0.15) is 0 Å². The zero-order valence-electron chi connectivity index (χ0n) is 29.3. The van der Waals surface area contributed by atoms with E-state index >= 15 is 0 Å². The predicted molar refractivity (Wildman–Crippen MR) is 183 cm³/mol. The molecule has 2 aliphatic rings. The Kier molecular flexibility index (Phi) is 9.64. The maximum atomic E-state index is 14.1. The van der Waals surface area contributed by atoms with Crippen LogP contribution in [0.2, 0.25) is 0 Å². The van der Waals surface area contributed by atoms with Gasteiger partial charge in [-0.1, -0.05) is 48.5 Å². The first-order valence-corrected chi connectivity index (χ1v) is 16.9. The molecule has 1 aliphatic carbocycles. The number of aromatic nitrogens is 3. The summed E-state index contributed by atoms with van der Waals surface area (Å²) < 4.78 is 13.1. The van der Waals surface area contributed by atoms with Crippen molar-refractivity contribution in [2.45, 2.75) is 87.2 Å². The normalized spacial score (nSPS) is 23.5. The molecule has 3 unspecified atom stereocenters. The van der Waals surface area contributed by atoms with Gasteiger partial charge in [0, 0.05) is 42.8 Å². The van der Waals surface area contributed by atoms with Crippen LogP contribution in [-0.2, 0) is 14.3 Å². The zero-order chi connectivity index (χ0) is 35.1. The van der Waals surface area contributed by atoms with Gasteiger partial charge in [0.05, 0.1) is 24.0 Å². The molecule has 258 valence electrons. The molecule has 48 heavy (non-hydrogen) atoms. The van der Waals surface area contributed by atoms with Crippen LogP contribution in [-0.4, -0.2) is 57.3 Å². The van der Waals surface area contributed by atoms with Crippen molar-refractivity contribution in [3.63, 3.8) is 0 Å². The number of anilines is 1. The van der Waals surface area contributed by atoms with Gasteiger partial charge in [-0.15, -0.1) is 0 Å². The van der Waals surface area contributed by atoms with Crippen molar-refractivity contribution in [3.05, 3.63) is 51.5 Å². The van der Waals surface area contributed by atoms with Crippen LogP contribution >= 0.6 is 0 Å². The molecule has 0 spiro atoms. The number of carbonyl (C=O) groups excluding carboxylic acids is 2. The van der Waals surface area contributed by atoms with Crippen LogP contribution in [0.4, 0.5) is 17.1 Å². The monoisotopic (exact) mass is 660 g/mol. The topological polar surface area (TPSA) is 136 Å². The smallest absolute Gasteiger partial charge is 0.331 e. The van der Waals surface area contributed by atoms with Gasteiger partial charge in [0.25, 0.3) is 5.69 Å². The molecule has 1 aliphatic heterocycles. The first-order chi connectivity index (χ1) is 22.5. The van der Waals surface area contributed by atoms with Gasteiger partial charge >= 0.3 is 11.9 Å². The van der Waals surface area contributed by atoms with Crippen molar-refractivity contribution >= 4 is 34.6 Å². The second-order valence-corrected chi connectivity index (χ2v) is 15.7. The highest BCUT2D eigenvalue weighted by atomic mass is 16.6. The molecule has 1 saturated carbocycles. The lowest BCUT2D eigenvalue weighted by molar-refractivity contribution is -0.384. The lowest BCUT2D eigenvalue weighted by atomic mass is 9.59. The van der Waals surface area contributed by atoms with Crippen LogP contribution in [0.25, 0.3) is 21.9 Å². The van der Waals surface area contributed by atoms with E-state index < -0.39 is 10.9 Å². The number of piperidine rings is 1. The molecule has 3 aromatic rings. The van der Waals surface area contributed by atoms with Crippen molar-refractivity contribution in [2.24, 2.45) is 34.5 Å². The number of H-pyrrole nitrogens is 1. The van der Waals surface area contributed by atoms with Crippen LogP contribution < -0.4 is 4.90 Å². The Balaban J connectivity index is 1.48. The molecule has 12 nitrogen and oxygen atoms in total. The number of nitrogens with zero attached hydrogens (tertiary/aromatic N) is 5. The Morgan fingerprint density at radius 2 is 1.81 bits per heavy atom. The molecule has 0 bridgehead atoms. The fraction of sp³-hybridized carbons (Fsp3) is 0.611. The highest BCUT2D eigenvalue weighted by molar-refractivity contribution is 6.03. The summed E-state index contributed by atoms with van der Waals surface area (Å²) >= 11 is 0. The van der Waals surface area contributed by atoms with Crippen LogP contribution in [0.15, 0.2) is 24.4 Å². The summed E-state index contributed by atoms with van der Waals surface area (Å²) in [5, 5.41) is 15.4. The van der Waals surface area contributed by atoms with Gasteiger partial charge in [0.15, 0.2) is 11.5 Å². The molecular weight excluding hydrogens is 612 g/mol. The Morgan fingerprint density at radius 1 is 1.15 bits per heavy atom. The van der Waals surface area contributed by atoms with Gasteiger partial charge in [-0.05, 0) is 61.5 Å². The number of fused-ring (bicyclic) bond motifs is 1. The highest BCUT2D eigenvalue weighted by Crippen LogP contribution is 2.50. The Bertz CT molecular complexity index is 1710. The SMILES string of the molecule is [C-]#[N+]c1cn2[nH]c(-c3ccc(N4CCCC(C(=O)OCC)C4)c([N+](=O)[O-])c3)nc2c1C(=O)OC1C(C(C)(C)C)CC(C)CC1C(C)(C)C. The third-order valence-electron chi connectivity index (χ3n) is 10.1. The lowest BCUT2D eigenvalue weighted by Gasteiger charge is -2.50. The number of nitrogens with one attached hydrogen (secondary N) is 1. The largest absolute Gasteiger partial charge is 0.466 e. The molecule has 3 heterocycles. The second-order valence-electron chi connectivity index (χ2n) is 15.7. The number of nitro benzene ring substituents is 1. The minimum absolute atomic E-state index is 0.0795. The molecule has 2 aromatic heterocycles. The first kappa shape index (κ1) is 34.9. The number of hydrogen-bond acceptors (Lipinski definition) is 8. The van der Waals surface area contributed by atoms with Crippen molar-refractivity contribution in [1.82, 2.24) is 14.6 Å². The standard InChI is InChI=1S/C36H48N6O6/c1-10-47-33(43)23-12-11-15-40(19-23)27-14-13-22(18-28(27)42(45)46)31-38-32-29(26(37-9)20-41(32)39-31)34(44)48-30-24(35(3,4)5)16-21(2)17-25(30)36(6,7)8/h13-14,18,20-21,23-25,30H,10-12,15-17,19H2,1-8H3,(H,38,39). The minimum atomic E-state index is -0.591. The van der Waals surface area contributed by atoms with Crippen molar-refractivity contribution in [2.75, 3.05) is 24.6 Å². The third-order valence-corrected chi connectivity index (χ3v) is 10.1. The lowest BCUT2D eigenvalue weighted by Crippen LogP contribution is -2.49. The number of carbonyl (C=O) groups is 2. The number of aromatic amines is 1. The van der Waals surface area contributed by atoms with E-state index in [4.69, 9.17) is 16.0 Å². The number of esters is 2. The van der Waals surface area contributed by atoms with E-state index in [2.05, 4.69) is 63.4 Å². The predicted octanol–water partition coefficient (Wildman–Crippen LogP) is 7.85. The van der Waals surface area contributed by atoms with Crippen LogP contribution in [0.1, 0.15) is 91.4 Å². The average Bonchev–Trinajstić information content (AvgIpc) is 3.58. The van der Waals surface area contributed by atoms with Crippen molar-refractivity contribution in [1.29, 1.82) is 0 Å². The summed E-state index contributed by atoms with van der Waals surface area (Å²) in [6, 6.07) is 4.84. The average molecular weight is 661 g/mol. The maximum Gasteiger partial charge on any atom is 0.331 e. The molecule has 0 radical (unpaired) electrons. The Morgan fingerprint density at radius 3 is 2.40 bits per heavy atom. The van der Waals surface area contributed by atoms with Gasteiger partial charge in [0.2, 0.25) is 5.69 Å². The molecule has 0 amide bonds. The molecule has 1 N–H and O–H groups in total. The van der Waals surface area contributed by atoms with E-state index in [-0.39, 0.29) is 69.8 Å². The Labute approximate surface area is 282 Å². The van der Waals surface area contributed by atoms with Crippen LogP contribution in [0, 0.1) is 51.2 Å². The number of ether oxygens (including phenoxy) is 2. The minimum Gasteiger partial charge on any atom is -0.466 e. The van der Waals surface area contributed by atoms with Gasteiger partial charge in [0.1, 0.15) is 17.4 Å². The van der Waals surface area contributed by atoms with E-state index in [0.29, 0.717) is 48.9 Å². The van der Waals surface area contributed by atoms with Gasteiger partial charge in [-0.25, -0.2) is 14.6 Å². The molecule has 12 heteroatoms. The van der Waals surface area contributed by atoms with E-state index in [1.807, 2.05) is 4.90 Å². The van der Waals surface area contributed by atoms with E-state index in [0.717, 1.165) is 12.8 Å². The number of benzene rings is 1. The van der Waals surface area contributed by atoms with Crippen molar-refractivity contribution in [3.8, 4) is 11.4 Å². The van der Waals surface area contributed by atoms with Crippen LogP contribution in [0.5, 0.6) is 0 Å². The van der Waals surface area contributed by atoms with E-state index in [1.54, 1.807) is 19.1 Å². The molecule has 1 aromatic carbocycles. The van der Waals surface area contributed by atoms with E-state index in [1.165, 1.54) is 16.8 Å².